The normalized spacial score (nSPS) is 14.9. The van der Waals surface area contributed by atoms with Crippen LogP contribution in [0.1, 0.15) is 26.7 Å². The van der Waals surface area contributed by atoms with Crippen molar-refractivity contribution in [2.24, 2.45) is 0 Å². The fraction of sp³-hybridized carbons (Fsp3) is 0.909. The molecule has 8 heteroatoms. The maximum absolute atomic E-state index is 11.8. The number of rotatable bonds is 10. The lowest BCUT2D eigenvalue weighted by molar-refractivity contribution is -0.123. The van der Waals surface area contributed by atoms with Gasteiger partial charge in [0.05, 0.1) is 24.4 Å². The van der Waals surface area contributed by atoms with Crippen LogP contribution in [0.5, 0.6) is 0 Å². The molecule has 1 amide bonds. The van der Waals surface area contributed by atoms with E-state index in [2.05, 4.69) is 10.0 Å². The Morgan fingerprint density at radius 1 is 1.42 bits per heavy atom. The lowest BCUT2D eigenvalue weighted by Crippen LogP contribution is -2.49. The Bertz CT molecular complexity index is 352. The van der Waals surface area contributed by atoms with Gasteiger partial charge in [0.1, 0.15) is 0 Å². The molecule has 7 nitrogen and oxygen atoms in total. The summed E-state index contributed by atoms with van der Waals surface area (Å²) in [7, 11) is -1.94. The van der Waals surface area contributed by atoms with Gasteiger partial charge in [0.15, 0.2) is 0 Å². The smallest absolute Gasteiger partial charge is 0.238 e. The number of carbonyl (C=O) groups excluding carboxylic acids is 1. The Balaban J connectivity index is 4.39. The van der Waals surface area contributed by atoms with Crippen LogP contribution in [0.3, 0.4) is 0 Å². The quantitative estimate of drug-likeness (QED) is 0.490. The van der Waals surface area contributed by atoms with Crippen LogP contribution < -0.4 is 10.0 Å². The lowest BCUT2D eigenvalue weighted by Gasteiger charge is -2.20. The number of nitrogens with one attached hydrogen (secondary N) is 2. The maximum Gasteiger partial charge on any atom is 0.238 e. The van der Waals surface area contributed by atoms with Crippen LogP contribution in [0.2, 0.25) is 0 Å². The van der Waals surface area contributed by atoms with Crippen molar-refractivity contribution in [3.05, 3.63) is 0 Å². The van der Waals surface area contributed by atoms with Crippen LogP contribution in [-0.4, -0.2) is 57.6 Å². The van der Waals surface area contributed by atoms with Gasteiger partial charge in [0, 0.05) is 13.7 Å². The molecule has 0 saturated heterocycles. The minimum Gasteiger partial charge on any atom is -0.396 e. The molecule has 2 atom stereocenters. The number of hydrogen-bond acceptors (Lipinski definition) is 5. The van der Waals surface area contributed by atoms with Gasteiger partial charge in [-0.1, -0.05) is 6.92 Å². The zero-order valence-electron chi connectivity index (χ0n) is 11.7. The molecule has 0 fully saturated rings. The van der Waals surface area contributed by atoms with Crippen molar-refractivity contribution in [1.29, 1.82) is 0 Å². The Labute approximate surface area is 114 Å². The van der Waals surface area contributed by atoms with Crippen molar-refractivity contribution < 1.29 is 23.1 Å². The van der Waals surface area contributed by atoms with E-state index in [1.807, 2.05) is 0 Å². The first-order chi connectivity index (χ1) is 8.86. The molecule has 0 heterocycles. The van der Waals surface area contributed by atoms with Crippen molar-refractivity contribution in [3.63, 3.8) is 0 Å². The maximum atomic E-state index is 11.8. The highest BCUT2D eigenvalue weighted by Crippen LogP contribution is 1.96. The molecule has 0 spiro atoms. The number of hydrogen-bond donors (Lipinski definition) is 3. The van der Waals surface area contributed by atoms with Gasteiger partial charge < -0.3 is 15.2 Å². The Hall–Kier alpha value is -0.700. The predicted octanol–water partition coefficient (Wildman–Crippen LogP) is -0.782. The molecular weight excluding hydrogens is 272 g/mol. The molecule has 0 aliphatic heterocycles. The van der Waals surface area contributed by atoms with E-state index in [0.717, 1.165) is 0 Å². The summed E-state index contributed by atoms with van der Waals surface area (Å²) in [6.45, 7) is 3.41. The highest BCUT2D eigenvalue weighted by atomic mass is 32.2. The van der Waals surface area contributed by atoms with Gasteiger partial charge in [-0.25, -0.2) is 13.1 Å². The molecule has 2 unspecified atom stereocenters. The molecule has 0 aromatic rings. The first kappa shape index (κ1) is 18.3. The number of sulfonamides is 1. The summed E-state index contributed by atoms with van der Waals surface area (Å²) in [4.78, 5) is 11.8. The fourth-order valence-electron chi connectivity index (χ4n) is 1.53. The van der Waals surface area contributed by atoms with Crippen LogP contribution in [0.15, 0.2) is 0 Å². The highest BCUT2D eigenvalue weighted by molar-refractivity contribution is 7.89. The van der Waals surface area contributed by atoms with E-state index in [1.54, 1.807) is 6.92 Å². The van der Waals surface area contributed by atoms with Gasteiger partial charge in [0.2, 0.25) is 15.9 Å². The molecule has 0 rings (SSSR count). The van der Waals surface area contributed by atoms with Crippen LogP contribution in [-0.2, 0) is 19.6 Å². The van der Waals surface area contributed by atoms with E-state index in [0.29, 0.717) is 12.8 Å². The van der Waals surface area contributed by atoms with E-state index >= 15 is 0 Å². The minimum absolute atomic E-state index is 0.0112. The van der Waals surface area contributed by atoms with Gasteiger partial charge >= 0.3 is 0 Å². The summed E-state index contributed by atoms with van der Waals surface area (Å²) in [5.41, 5.74) is 0. The summed E-state index contributed by atoms with van der Waals surface area (Å²) in [6.07, 6.45) is 0.842. The van der Waals surface area contributed by atoms with Crippen LogP contribution in [0.4, 0.5) is 0 Å². The van der Waals surface area contributed by atoms with Gasteiger partial charge in [-0.3, -0.25) is 4.79 Å². The zero-order valence-corrected chi connectivity index (χ0v) is 12.5. The first-order valence-corrected chi connectivity index (χ1v) is 7.91. The Morgan fingerprint density at radius 2 is 2.05 bits per heavy atom. The number of methoxy groups -OCH3 is 1. The lowest BCUT2D eigenvalue weighted by atomic mass is 10.2. The standard InChI is InChI=1S/C11H24N2O5S/c1-4-7-19(16,17)13-9(2)11(15)12-10(5-6-14)8-18-3/h9-10,13-14H,4-8H2,1-3H3,(H,12,15). The van der Waals surface area contributed by atoms with E-state index in [-0.39, 0.29) is 25.0 Å². The summed E-state index contributed by atoms with van der Waals surface area (Å²) < 4.78 is 30.3. The average Bonchev–Trinajstić information content (AvgIpc) is 2.28. The second kappa shape index (κ2) is 9.24. The predicted molar refractivity (Wildman–Crippen MR) is 72.2 cm³/mol. The summed E-state index contributed by atoms with van der Waals surface area (Å²) >= 11 is 0. The fourth-order valence-corrected chi connectivity index (χ4v) is 2.83. The highest BCUT2D eigenvalue weighted by Gasteiger charge is 2.21. The third-order valence-corrected chi connectivity index (χ3v) is 4.07. The van der Waals surface area contributed by atoms with E-state index in [9.17, 15) is 13.2 Å². The first-order valence-electron chi connectivity index (χ1n) is 6.26. The van der Waals surface area contributed by atoms with Gasteiger partial charge in [0.25, 0.3) is 0 Å². The van der Waals surface area contributed by atoms with E-state index in [4.69, 9.17) is 9.84 Å². The molecule has 0 aromatic carbocycles. The second-order valence-corrected chi connectivity index (χ2v) is 6.20. The van der Waals surface area contributed by atoms with Crippen molar-refractivity contribution in [3.8, 4) is 0 Å². The molecule has 0 aliphatic carbocycles. The molecule has 19 heavy (non-hydrogen) atoms. The molecular formula is C11H24N2O5S. The molecule has 3 N–H and O–H groups in total. The topological polar surface area (TPSA) is 105 Å². The summed E-state index contributed by atoms with van der Waals surface area (Å²) in [5.74, 6) is -0.446. The van der Waals surface area contributed by atoms with E-state index in [1.165, 1.54) is 14.0 Å². The molecule has 0 aliphatic rings. The van der Waals surface area contributed by atoms with Crippen molar-refractivity contribution in [2.75, 3.05) is 26.1 Å². The SMILES string of the molecule is CCCS(=O)(=O)NC(C)C(=O)NC(CCO)COC. The Morgan fingerprint density at radius 3 is 2.53 bits per heavy atom. The summed E-state index contributed by atoms with van der Waals surface area (Å²) in [5, 5.41) is 11.5. The minimum atomic E-state index is -3.43. The molecule has 0 radical (unpaired) electrons. The molecule has 0 saturated carbocycles. The van der Waals surface area contributed by atoms with Crippen LogP contribution >= 0.6 is 0 Å². The number of aliphatic hydroxyl groups excluding tert-OH is 1. The van der Waals surface area contributed by atoms with Gasteiger partial charge in [-0.05, 0) is 19.8 Å². The average molecular weight is 296 g/mol. The van der Waals surface area contributed by atoms with Crippen molar-refractivity contribution in [1.82, 2.24) is 10.0 Å². The van der Waals surface area contributed by atoms with Crippen LogP contribution in [0.25, 0.3) is 0 Å². The molecule has 0 bridgehead atoms. The molecule has 114 valence electrons. The van der Waals surface area contributed by atoms with Crippen molar-refractivity contribution >= 4 is 15.9 Å². The van der Waals surface area contributed by atoms with Gasteiger partial charge in [-0.15, -0.1) is 0 Å². The monoisotopic (exact) mass is 296 g/mol. The third-order valence-electron chi connectivity index (χ3n) is 2.41. The zero-order chi connectivity index (χ0) is 14.9. The number of ether oxygens (including phenoxy) is 1. The largest absolute Gasteiger partial charge is 0.396 e. The number of amides is 1. The summed E-state index contributed by atoms with van der Waals surface area (Å²) in [6, 6.07) is -1.18. The number of carbonyl (C=O) groups is 1. The third kappa shape index (κ3) is 8.14. The number of aliphatic hydroxyl groups is 1. The Kier molecular flexibility index (Phi) is 8.90. The molecule has 0 aromatic heterocycles. The second-order valence-electron chi connectivity index (χ2n) is 4.33. The van der Waals surface area contributed by atoms with Gasteiger partial charge in [-0.2, -0.15) is 0 Å². The van der Waals surface area contributed by atoms with E-state index < -0.39 is 22.0 Å². The van der Waals surface area contributed by atoms with Crippen LogP contribution in [0, 0.1) is 0 Å². The van der Waals surface area contributed by atoms with Crippen molar-refractivity contribution in [2.45, 2.75) is 38.8 Å².